The molecule has 1 N–H and O–H groups in total. The first kappa shape index (κ1) is 14.1. The fourth-order valence-electron chi connectivity index (χ4n) is 2.01. The number of aromatic carboxylic acids is 1. The molecular formula is C14H10F2N4O2. The number of aromatic nitrogens is 4. The lowest BCUT2D eigenvalue weighted by Crippen LogP contribution is -2.04. The quantitative estimate of drug-likeness (QED) is 0.804. The monoisotopic (exact) mass is 304 g/mol. The third-order valence-electron chi connectivity index (χ3n) is 3.10. The van der Waals surface area contributed by atoms with Crippen molar-refractivity contribution in [2.24, 2.45) is 0 Å². The molecule has 1 aromatic carbocycles. The van der Waals surface area contributed by atoms with Gasteiger partial charge in [0, 0.05) is 5.56 Å². The van der Waals surface area contributed by atoms with Crippen molar-refractivity contribution in [2.75, 3.05) is 0 Å². The second kappa shape index (κ2) is 5.14. The summed E-state index contributed by atoms with van der Waals surface area (Å²) in [6, 6.07) is 8.34. The Labute approximate surface area is 123 Å². The molecule has 3 aromatic rings. The van der Waals surface area contributed by atoms with Crippen LogP contribution in [-0.4, -0.2) is 30.7 Å². The summed E-state index contributed by atoms with van der Waals surface area (Å²) in [5, 5.41) is 12.4. The number of carboxylic acids is 1. The Morgan fingerprint density at radius 3 is 2.50 bits per heavy atom. The highest BCUT2D eigenvalue weighted by Gasteiger charge is 2.20. The lowest BCUT2D eigenvalue weighted by molar-refractivity contribution is 0.0683. The molecule has 2 heterocycles. The van der Waals surface area contributed by atoms with Crippen LogP contribution in [0.1, 0.15) is 28.3 Å². The molecule has 0 aliphatic carbocycles. The minimum atomic E-state index is -2.84. The summed E-state index contributed by atoms with van der Waals surface area (Å²) >= 11 is 0. The van der Waals surface area contributed by atoms with Gasteiger partial charge in [-0.05, 0) is 13.0 Å². The van der Waals surface area contributed by atoms with E-state index in [9.17, 15) is 13.6 Å². The molecule has 0 unspecified atom stereocenters. The van der Waals surface area contributed by atoms with Crippen molar-refractivity contribution in [3.05, 3.63) is 47.4 Å². The molecule has 0 aliphatic rings. The van der Waals surface area contributed by atoms with E-state index in [1.165, 1.54) is 6.07 Å². The molecule has 0 spiro atoms. The number of aryl methyl sites for hydroxylation is 1. The van der Waals surface area contributed by atoms with Gasteiger partial charge in [0.05, 0.1) is 5.69 Å². The molecule has 3 rings (SSSR count). The van der Waals surface area contributed by atoms with Gasteiger partial charge in [0.25, 0.3) is 18.0 Å². The number of hydrogen-bond donors (Lipinski definition) is 1. The molecule has 0 bridgehead atoms. The van der Waals surface area contributed by atoms with Crippen molar-refractivity contribution >= 4 is 11.7 Å². The number of carboxylic acid groups (broad SMARTS) is 1. The zero-order valence-electron chi connectivity index (χ0n) is 11.4. The standard InChI is InChI=1S/C14H10F2N4O2/c1-7-2-4-8(5-3-7)9-6-10(11(15)16)20-14(17-9)18-12(19-20)13(21)22/h2-6,11H,1H3,(H,21,22). The molecule has 8 heteroatoms. The van der Waals surface area contributed by atoms with Crippen LogP contribution in [-0.2, 0) is 0 Å². The normalized spacial score (nSPS) is 11.3. The molecule has 0 aliphatic heterocycles. The summed E-state index contributed by atoms with van der Waals surface area (Å²) in [5.41, 5.74) is 1.48. The lowest BCUT2D eigenvalue weighted by atomic mass is 10.1. The minimum Gasteiger partial charge on any atom is -0.475 e. The molecule has 0 amide bonds. The molecule has 2 aromatic heterocycles. The maximum Gasteiger partial charge on any atom is 0.375 e. The van der Waals surface area contributed by atoms with E-state index in [1.807, 2.05) is 19.1 Å². The summed E-state index contributed by atoms with van der Waals surface area (Å²) in [5.74, 6) is -2.15. The van der Waals surface area contributed by atoms with Gasteiger partial charge < -0.3 is 5.11 Å². The second-order valence-corrected chi connectivity index (χ2v) is 4.69. The van der Waals surface area contributed by atoms with Crippen molar-refractivity contribution in [1.29, 1.82) is 0 Å². The number of rotatable bonds is 3. The van der Waals surface area contributed by atoms with E-state index in [2.05, 4.69) is 15.1 Å². The molecule has 0 saturated carbocycles. The Morgan fingerprint density at radius 1 is 1.23 bits per heavy atom. The maximum atomic E-state index is 13.2. The number of nitrogens with zero attached hydrogens (tertiary/aromatic N) is 4. The first-order valence-electron chi connectivity index (χ1n) is 6.32. The molecule has 0 radical (unpaired) electrons. The number of fused-ring (bicyclic) bond motifs is 1. The highest BCUT2D eigenvalue weighted by Crippen LogP contribution is 2.25. The maximum absolute atomic E-state index is 13.2. The van der Waals surface area contributed by atoms with Crippen molar-refractivity contribution in [3.63, 3.8) is 0 Å². The van der Waals surface area contributed by atoms with Gasteiger partial charge in [-0.25, -0.2) is 18.6 Å². The van der Waals surface area contributed by atoms with Crippen LogP contribution in [0.4, 0.5) is 8.78 Å². The predicted octanol–water partition coefficient (Wildman–Crippen LogP) is 2.74. The summed E-state index contributed by atoms with van der Waals surface area (Å²) in [6.45, 7) is 1.91. The topological polar surface area (TPSA) is 80.4 Å². The Kier molecular flexibility index (Phi) is 3.28. The highest BCUT2D eigenvalue weighted by molar-refractivity contribution is 5.83. The van der Waals surface area contributed by atoms with Crippen LogP contribution in [0.25, 0.3) is 17.0 Å². The van der Waals surface area contributed by atoms with Gasteiger partial charge in [-0.15, -0.1) is 5.10 Å². The van der Waals surface area contributed by atoms with Crippen molar-refractivity contribution in [1.82, 2.24) is 19.6 Å². The fraction of sp³-hybridized carbons (Fsp3) is 0.143. The molecule has 6 nitrogen and oxygen atoms in total. The Morgan fingerprint density at radius 2 is 1.91 bits per heavy atom. The lowest BCUT2D eigenvalue weighted by Gasteiger charge is -2.06. The van der Waals surface area contributed by atoms with E-state index in [-0.39, 0.29) is 11.5 Å². The Hall–Kier alpha value is -2.90. The first-order valence-corrected chi connectivity index (χ1v) is 6.32. The summed E-state index contributed by atoms with van der Waals surface area (Å²) in [6.07, 6.45) is -2.84. The minimum absolute atomic E-state index is 0.175. The molecule has 22 heavy (non-hydrogen) atoms. The molecule has 0 fully saturated rings. The zero-order chi connectivity index (χ0) is 15.9. The number of halogens is 2. The summed E-state index contributed by atoms with van der Waals surface area (Å²) in [7, 11) is 0. The van der Waals surface area contributed by atoms with E-state index in [0.29, 0.717) is 5.56 Å². The molecule has 0 atom stereocenters. The van der Waals surface area contributed by atoms with Crippen molar-refractivity contribution in [2.45, 2.75) is 13.3 Å². The van der Waals surface area contributed by atoms with Gasteiger partial charge in [-0.3, -0.25) is 0 Å². The average molecular weight is 304 g/mol. The SMILES string of the molecule is Cc1ccc(-c2cc(C(F)F)n3nc(C(=O)O)nc3n2)cc1. The third kappa shape index (κ3) is 2.39. The molecule has 0 saturated heterocycles. The Bertz CT molecular complexity index is 859. The van der Waals surface area contributed by atoms with E-state index >= 15 is 0 Å². The largest absolute Gasteiger partial charge is 0.475 e. The van der Waals surface area contributed by atoms with Gasteiger partial charge in [0.2, 0.25) is 0 Å². The van der Waals surface area contributed by atoms with Crippen LogP contribution in [0, 0.1) is 6.92 Å². The Balaban J connectivity index is 2.24. The smallest absolute Gasteiger partial charge is 0.375 e. The van der Waals surface area contributed by atoms with E-state index < -0.39 is 23.9 Å². The zero-order valence-corrected chi connectivity index (χ0v) is 11.4. The van der Waals surface area contributed by atoms with Gasteiger partial charge >= 0.3 is 5.97 Å². The number of benzene rings is 1. The number of carbonyl (C=O) groups is 1. The van der Waals surface area contributed by atoms with Crippen LogP contribution < -0.4 is 0 Å². The van der Waals surface area contributed by atoms with Crippen LogP contribution in [0.15, 0.2) is 30.3 Å². The molecule has 112 valence electrons. The number of alkyl halides is 2. The predicted molar refractivity (Wildman–Crippen MR) is 72.9 cm³/mol. The van der Waals surface area contributed by atoms with E-state index in [4.69, 9.17) is 5.11 Å². The number of hydrogen-bond acceptors (Lipinski definition) is 4. The van der Waals surface area contributed by atoms with E-state index in [0.717, 1.165) is 10.1 Å². The van der Waals surface area contributed by atoms with Gasteiger partial charge in [0.1, 0.15) is 5.69 Å². The molecular weight excluding hydrogens is 294 g/mol. The van der Waals surface area contributed by atoms with E-state index in [1.54, 1.807) is 12.1 Å². The van der Waals surface area contributed by atoms with Gasteiger partial charge in [-0.1, -0.05) is 29.8 Å². The second-order valence-electron chi connectivity index (χ2n) is 4.69. The third-order valence-corrected chi connectivity index (χ3v) is 3.10. The van der Waals surface area contributed by atoms with Crippen LogP contribution in [0.3, 0.4) is 0 Å². The summed E-state index contributed by atoms with van der Waals surface area (Å²) in [4.78, 5) is 18.7. The van der Waals surface area contributed by atoms with Crippen LogP contribution in [0.5, 0.6) is 0 Å². The average Bonchev–Trinajstić information content (AvgIpc) is 2.91. The van der Waals surface area contributed by atoms with Crippen molar-refractivity contribution in [3.8, 4) is 11.3 Å². The van der Waals surface area contributed by atoms with Crippen molar-refractivity contribution < 1.29 is 18.7 Å². The van der Waals surface area contributed by atoms with Gasteiger partial charge in [0.15, 0.2) is 0 Å². The van der Waals surface area contributed by atoms with Crippen LogP contribution >= 0.6 is 0 Å². The highest BCUT2D eigenvalue weighted by atomic mass is 19.3. The summed E-state index contributed by atoms with van der Waals surface area (Å²) < 4.78 is 27.2. The van der Waals surface area contributed by atoms with Crippen LogP contribution in [0.2, 0.25) is 0 Å². The first-order chi connectivity index (χ1) is 10.5. The van der Waals surface area contributed by atoms with Gasteiger partial charge in [-0.2, -0.15) is 9.50 Å². The fourth-order valence-corrected chi connectivity index (χ4v) is 2.01.